The molecule has 0 saturated carbocycles. The number of primary amides is 1. The zero-order valence-electron chi connectivity index (χ0n) is 12.0. The molecule has 6 nitrogen and oxygen atoms in total. The normalized spacial score (nSPS) is 11.9. The van der Waals surface area contributed by atoms with Crippen LogP contribution in [0.15, 0.2) is 36.4 Å². The van der Waals surface area contributed by atoms with E-state index >= 15 is 0 Å². The minimum Gasteiger partial charge on any atom is -0.463 e. The molecule has 0 spiro atoms. The first-order valence-electron chi connectivity index (χ1n) is 6.63. The van der Waals surface area contributed by atoms with Crippen molar-refractivity contribution in [3.63, 3.8) is 0 Å². The van der Waals surface area contributed by atoms with Crippen LogP contribution in [0.2, 0.25) is 0 Å². The topological polar surface area (TPSA) is 98.5 Å². The van der Waals surface area contributed by atoms with E-state index in [1.54, 1.807) is 6.92 Å². The van der Waals surface area contributed by atoms with Gasteiger partial charge in [0.2, 0.25) is 5.91 Å². The Balaban J connectivity index is 2.64. The Morgan fingerprint density at radius 3 is 2.50 bits per heavy atom. The van der Waals surface area contributed by atoms with E-state index in [4.69, 9.17) is 5.73 Å². The van der Waals surface area contributed by atoms with Crippen molar-refractivity contribution in [2.75, 3.05) is 6.61 Å². The fourth-order valence-electron chi connectivity index (χ4n) is 1.58. The molecular formula is C15H17FN2O4. The van der Waals surface area contributed by atoms with E-state index < -0.39 is 29.6 Å². The third-order valence-electron chi connectivity index (χ3n) is 2.67. The predicted octanol–water partition coefficient (Wildman–Crippen LogP) is 0.919. The first-order valence-corrected chi connectivity index (χ1v) is 6.63. The zero-order chi connectivity index (χ0) is 16.5. The number of rotatable bonds is 7. The summed E-state index contributed by atoms with van der Waals surface area (Å²) in [7, 11) is 0. The average Bonchev–Trinajstić information content (AvgIpc) is 2.46. The highest BCUT2D eigenvalue weighted by Crippen LogP contribution is 2.04. The van der Waals surface area contributed by atoms with E-state index in [0.29, 0.717) is 0 Å². The van der Waals surface area contributed by atoms with E-state index in [2.05, 4.69) is 10.1 Å². The van der Waals surface area contributed by atoms with Crippen LogP contribution in [0.4, 0.5) is 4.39 Å². The van der Waals surface area contributed by atoms with E-state index in [1.165, 1.54) is 18.2 Å². The summed E-state index contributed by atoms with van der Waals surface area (Å²) < 4.78 is 17.5. The molecule has 0 radical (unpaired) electrons. The third kappa shape index (κ3) is 5.74. The second-order valence-corrected chi connectivity index (χ2v) is 4.33. The van der Waals surface area contributed by atoms with Gasteiger partial charge in [0.25, 0.3) is 5.91 Å². The maximum atomic E-state index is 12.8. The number of amides is 2. The van der Waals surface area contributed by atoms with Crippen LogP contribution in [0, 0.1) is 5.82 Å². The monoisotopic (exact) mass is 308 g/mol. The lowest BCUT2D eigenvalue weighted by atomic mass is 10.1. The van der Waals surface area contributed by atoms with Crippen molar-refractivity contribution in [1.29, 1.82) is 0 Å². The summed E-state index contributed by atoms with van der Waals surface area (Å²) in [5.74, 6) is -2.33. The van der Waals surface area contributed by atoms with Crippen LogP contribution in [-0.2, 0) is 14.3 Å². The Labute approximate surface area is 127 Å². The van der Waals surface area contributed by atoms with Crippen LogP contribution in [0.3, 0.4) is 0 Å². The van der Waals surface area contributed by atoms with Gasteiger partial charge in [-0.3, -0.25) is 9.59 Å². The van der Waals surface area contributed by atoms with Crippen molar-refractivity contribution in [3.05, 3.63) is 47.8 Å². The molecule has 118 valence electrons. The molecule has 0 aromatic heterocycles. The van der Waals surface area contributed by atoms with Gasteiger partial charge in [-0.25, -0.2) is 9.18 Å². The summed E-state index contributed by atoms with van der Waals surface area (Å²) in [6.07, 6.45) is 2.59. The van der Waals surface area contributed by atoms with E-state index in [9.17, 15) is 18.8 Å². The minimum atomic E-state index is -0.983. The Hall–Kier alpha value is -2.70. The van der Waals surface area contributed by atoms with Crippen LogP contribution in [0.25, 0.3) is 0 Å². The van der Waals surface area contributed by atoms with Crippen molar-refractivity contribution in [2.24, 2.45) is 5.73 Å². The molecule has 1 aromatic rings. The van der Waals surface area contributed by atoms with Crippen molar-refractivity contribution >= 4 is 17.8 Å². The number of nitrogens with two attached hydrogens (primary N) is 1. The number of nitrogens with one attached hydrogen (secondary N) is 1. The maximum absolute atomic E-state index is 12.8. The largest absolute Gasteiger partial charge is 0.463 e. The summed E-state index contributed by atoms with van der Waals surface area (Å²) >= 11 is 0. The molecular weight excluding hydrogens is 291 g/mol. The van der Waals surface area contributed by atoms with Crippen molar-refractivity contribution in [2.45, 2.75) is 19.4 Å². The molecule has 0 saturated heterocycles. The molecule has 1 aromatic carbocycles. The fraction of sp³-hybridized carbons (Fsp3) is 0.267. The van der Waals surface area contributed by atoms with Crippen LogP contribution < -0.4 is 11.1 Å². The number of benzene rings is 1. The first-order chi connectivity index (χ1) is 10.4. The minimum absolute atomic E-state index is 0.0427. The first kappa shape index (κ1) is 17.4. The molecule has 1 rings (SSSR count). The maximum Gasteiger partial charge on any atom is 0.330 e. The quantitative estimate of drug-likeness (QED) is 0.578. The summed E-state index contributed by atoms with van der Waals surface area (Å²) in [6, 6.07) is 3.86. The highest BCUT2D eigenvalue weighted by molar-refractivity contribution is 5.97. The highest BCUT2D eigenvalue weighted by Gasteiger charge is 2.17. The van der Waals surface area contributed by atoms with Gasteiger partial charge in [-0.15, -0.1) is 0 Å². The van der Waals surface area contributed by atoms with E-state index in [1.807, 2.05) is 0 Å². The smallest absolute Gasteiger partial charge is 0.330 e. The molecule has 0 aliphatic rings. The van der Waals surface area contributed by atoms with Crippen molar-refractivity contribution in [3.8, 4) is 0 Å². The molecule has 0 fully saturated rings. The molecule has 7 heteroatoms. The number of ether oxygens (including phenoxy) is 1. The second-order valence-electron chi connectivity index (χ2n) is 4.33. The van der Waals surface area contributed by atoms with Crippen molar-refractivity contribution < 1.29 is 23.5 Å². The lowest BCUT2D eigenvalue weighted by Gasteiger charge is -2.13. The SMILES string of the molecule is CCOC(=O)/C=C/C[C@H](NC(=O)c1ccc(F)cc1)C(N)=O. The number of hydrogen-bond acceptors (Lipinski definition) is 4. The third-order valence-corrected chi connectivity index (χ3v) is 2.67. The molecule has 1 atom stereocenters. The van der Waals surface area contributed by atoms with Gasteiger partial charge in [-0.1, -0.05) is 6.08 Å². The van der Waals surface area contributed by atoms with E-state index in [0.717, 1.165) is 18.2 Å². The fourth-order valence-corrected chi connectivity index (χ4v) is 1.58. The van der Waals surface area contributed by atoms with Crippen LogP contribution in [0.1, 0.15) is 23.7 Å². The van der Waals surface area contributed by atoms with Gasteiger partial charge in [0.05, 0.1) is 6.61 Å². The number of carbonyl (C=O) groups is 3. The second kappa shape index (κ2) is 8.56. The van der Waals surface area contributed by atoms with Crippen molar-refractivity contribution in [1.82, 2.24) is 5.32 Å². The number of carbonyl (C=O) groups excluding carboxylic acids is 3. The standard InChI is InChI=1S/C15H17FN2O4/c1-2-22-13(19)5-3-4-12(14(17)20)18-15(21)10-6-8-11(16)9-7-10/h3,5-9,12H,2,4H2,1H3,(H2,17,20)(H,18,21)/b5-3+/t12-/m0/s1. The summed E-state index contributed by atoms with van der Waals surface area (Å²) in [4.78, 5) is 34.4. The lowest BCUT2D eigenvalue weighted by Crippen LogP contribution is -2.44. The average molecular weight is 308 g/mol. The van der Waals surface area contributed by atoms with Gasteiger partial charge in [-0.2, -0.15) is 0 Å². The molecule has 3 N–H and O–H groups in total. The summed E-state index contributed by atoms with van der Waals surface area (Å²) in [5, 5.41) is 2.42. The number of halogens is 1. The molecule has 0 aliphatic heterocycles. The highest BCUT2D eigenvalue weighted by atomic mass is 19.1. The molecule has 0 heterocycles. The lowest BCUT2D eigenvalue weighted by molar-refractivity contribution is -0.137. The molecule has 0 bridgehead atoms. The summed E-state index contributed by atoms with van der Waals surface area (Å²) in [5.41, 5.74) is 5.40. The number of hydrogen-bond donors (Lipinski definition) is 2. The predicted molar refractivity (Wildman–Crippen MR) is 77.2 cm³/mol. The van der Waals surface area contributed by atoms with E-state index in [-0.39, 0.29) is 18.6 Å². The van der Waals surface area contributed by atoms with Gasteiger partial charge >= 0.3 is 5.97 Å². The molecule has 22 heavy (non-hydrogen) atoms. The molecule has 2 amide bonds. The van der Waals surface area contributed by atoms with Gasteiger partial charge in [0.15, 0.2) is 0 Å². The Bertz CT molecular complexity index is 569. The Morgan fingerprint density at radius 1 is 1.32 bits per heavy atom. The number of esters is 1. The van der Waals surface area contributed by atoms with Crippen LogP contribution >= 0.6 is 0 Å². The Kier molecular flexibility index (Phi) is 6.75. The molecule has 0 aliphatic carbocycles. The van der Waals surface area contributed by atoms with Crippen LogP contribution in [0.5, 0.6) is 0 Å². The zero-order valence-corrected chi connectivity index (χ0v) is 12.0. The van der Waals surface area contributed by atoms with Gasteiger partial charge in [0.1, 0.15) is 11.9 Å². The summed E-state index contributed by atoms with van der Waals surface area (Å²) in [6.45, 7) is 1.91. The molecule has 0 unspecified atom stereocenters. The van der Waals surface area contributed by atoms with Crippen LogP contribution in [-0.4, -0.2) is 30.4 Å². The van der Waals surface area contributed by atoms with Gasteiger partial charge in [0, 0.05) is 11.6 Å². The Morgan fingerprint density at radius 2 is 1.95 bits per heavy atom. The van der Waals surface area contributed by atoms with Gasteiger partial charge < -0.3 is 15.8 Å². The van der Waals surface area contributed by atoms with Gasteiger partial charge in [-0.05, 0) is 37.6 Å².